The first-order chi connectivity index (χ1) is 20.5. The zero-order chi connectivity index (χ0) is 31.4. The highest BCUT2D eigenvalue weighted by Gasteiger charge is 2.34. The van der Waals surface area contributed by atoms with Crippen LogP contribution in [0.3, 0.4) is 0 Å². The van der Waals surface area contributed by atoms with Crippen LogP contribution in [0, 0.1) is 5.92 Å². The lowest BCUT2D eigenvalue weighted by Gasteiger charge is -2.25. The van der Waals surface area contributed by atoms with E-state index in [1.54, 1.807) is 43.3 Å². The van der Waals surface area contributed by atoms with Gasteiger partial charge >= 0.3 is 11.9 Å². The van der Waals surface area contributed by atoms with Crippen LogP contribution in [-0.2, 0) is 14.3 Å². The molecule has 0 N–H and O–H groups in total. The molecule has 0 radical (unpaired) electrons. The second-order valence-electron chi connectivity index (χ2n) is 10.0. The number of benzene rings is 2. The number of nitrogens with zero attached hydrogens (tertiary/aromatic N) is 2. The highest BCUT2D eigenvalue weighted by atomic mass is 32.1. The highest BCUT2D eigenvalue weighted by Crippen LogP contribution is 2.39. The molecule has 43 heavy (non-hydrogen) atoms. The van der Waals surface area contributed by atoms with Crippen LogP contribution in [0.15, 0.2) is 51.4 Å². The van der Waals surface area contributed by atoms with Gasteiger partial charge in [0.25, 0.3) is 5.56 Å². The predicted molar refractivity (Wildman–Crippen MR) is 160 cm³/mol. The molecule has 2 aromatic carbocycles. The Hall–Kier alpha value is -4.58. The smallest absolute Gasteiger partial charge is 0.338 e. The summed E-state index contributed by atoms with van der Waals surface area (Å²) < 4.78 is 34.6. The summed E-state index contributed by atoms with van der Waals surface area (Å²) in [6.07, 6.45) is 1.70. The summed E-state index contributed by atoms with van der Waals surface area (Å²) in [5, 5.41) is 0. The number of rotatable bonds is 10. The molecule has 0 bridgehead atoms. The monoisotopic (exact) mass is 610 g/mol. The second kappa shape index (κ2) is 13.2. The molecule has 0 fully saturated rings. The van der Waals surface area contributed by atoms with E-state index in [2.05, 4.69) is 4.99 Å². The first-order valence-corrected chi connectivity index (χ1v) is 14.2. The average molecular weight is 611 g/mol. The fourth-order valence-electron chi connectivity index (χ4n) is 4.65. The summed E-state index contributed by atoms with van der Waals surface area (Å²) in [6.45, 7) is 7.06. The Morgan fingerprint density at radius 1 is 0.977 bits per heavy atom. The number of carbonyl (C=O) groups excluding carboxylic acids is 2. The fraction of sp³-hybridized carbons (Fsp3) is 0.355. The van der Waals surface area contributed by atoms with Gasteiger partial charge in [0.2, 0.25) is 5.75 Å². The van der Waals surface area contributed by atoms with Gasteiger partial charge in [0.15, 0.2) is 27.8 Å². The van der Waals surface area contributed by atoms with Gasteiger partial charge in [0.1, 0.15) is 0 Å². The highest BCUT2D eigenvalue weighted by molar-refractivity contribution is 7.07. The van der Waals surface area contributed by atoms with Crippen LogP contribution >= 0.6 is 11.3 Å². The minimum absolute atomic E-state index is 0.103. The van der Waals surface area contributed by atoms with Crippen LogP contribution < -0.4 is 38.6 Å². The lowest BCUT2D eigenvalue weighted by atomic mass is 9.95. The standard InChI is InChI=1S/C31H34N2O9S/c1-16(2)15-41-30(36)26-17(3)32-31-33(27(26)20-9-10-21(42-18(4)34)22(14-20)37-5)29(35)25(43-31)13-19-11-23(38-6)28(40-8)24(12-19)39-7/h9-14,16,27H,15H2,1-8H3/b25-13-/t27-/m0/s1. The second-order valence-corrected chi connectivity index (χ2v) is 11.0. The van der Waals surface area contributed by atoms with Crippen molar-refractivity contribution < 1.29 is 38.0 Å². The number of esters is 2. The quantitative estimate of drug-likeness (QED) is 0.251. The number of ether oxygens (including phenoxy) is 6. The van der Waals surface area contributed by atoms with Crippen molar-refractivity contribution in [3.8, 4) is 28.7 Å². The van der Waals surface area contributed by atoms with Crippen LogP contribution in [0.25, 0.3) is 6.08 Å². The molecule has 4 rings (SSSR count). The van der Waals surface area contributed by atoms with Crippen molar-refractivity contribution in [2.75, 3.05) is 35.0 Å². The van der Waals surface area contributed by atoms with E-state index in [1.165, 1.54) is 51.3 Å². The van der Waals surface area contributed by atoms with E-state index in [9.17, 15) is 14.4 Å². The van der Waals surface area contributed by atoms with E-state index in [-0.39, 0.29) is 35.2 Å². The Labute approximate surface area is 252 Å². The molecule has 1 aromatic heterocycles. The van der Waals surface area contributed by atoms with Gasteiger partial charge in [-0.25, -0.2) is 9.79 Å². The first-order valence-electron chi connectivity index (χ1n) is 13.4. The van der Waals surface area contributed by atoms with Crippen LogP contribution in [-0.4, -0.2) is 51.6 Å². The minimum atomic E-state index is -0.890. The average Bonchev–Trinajstić information content (AvgIpc) is 3.28. The molecule has 1 aliphatic rings. The van der Waals surface area contributed by atoms with E-state index in [4.69, 9.17) is 28.4 Å². The largest absolute Gasteiger partial charge is 0.493 e. The number of fused-ring (bicyclic) bond motifs is 1. The molecule has 0 saturated heterocycles. The fourth-order valence-corrected chi connectivity index (χ4v) is 5.69. The van der Waals surface area contributed by atoms with Crippen molar-refractivity contribution in [1.29, 1.82) is 0 Å². The molecule has 3 aromatic rings. The maximum absolute atomic E-state index is 14.1. The first kappa shape index (κ1) is 31.4. The van der Waals surface area contributed by atoms with Gasteiger partial charge in [-0.3, -0.25) is 14.2 Å². The van der Waals surface area contributed by atoms with Crippen molar-refractivity contribution in [3.63, 3.8) is 0 Å². The Bertz CT molecular complexity index is 1740. The van der Waals surface area contributed by atoms with Crippen LogP contribution in [0.1, 0.15) is 44.9 Å². The van der Waals surface area contributed by atoms with E-state index in [1.807, 2.05) is 13.8 Å². The molecule has 11 nitrogen and oxygen atoms in total. The van der Waals surface area contributed by atoms with E-state index < -0.39 is 18.0 Å². The third-order valence-electron chi connectivity index (χ3n) is 6.53. The van der Waals surface area contributed by atoms with Gasteiger partial charge in [-0.15, -0.1) is 0 Å². The van der Waals surface area contributed by atoms with E-state index >= 15 is 0 Å². The topological polar surface area (TPSA) is 124 Å². The molecule has 12 heteroatoms. The lowest BCUT2D eigenvalue weighted by Crippen LogP contribution is -2.40. The molecule has 0 unspecified atom stereocenters. The number of hydrogen-bond acceptors (Lipinski definition) is 11. The Morgan fingerprint density at radius 3 is 2.19 bits per heavy atom. The number of methoxy groups -OCH3 is 4. The molecule has 0 aliphatic carbocycles. The molecule has 1 aliphatic heterocycles. The van der Waals surface area contributed by atoms with E-state index in [0.717, 1.165) is 0 Å². The van der Waals surface area contributed by atoms with Gasteiger partial charge in [-0.2, -0.15) is 0 Å². The summed E-state index contributed by atoms with van der Waals surface area (Å²) in [7, 11) is 5.98. The Morgan fingerprint density at radius 2 is 1.63 bits per heavy atom. The van der Waals surface area contributed by atoms with Gasteiger partial charge in [0.05, 0.1) is 56.9 Å². The van der Waals surface area contributed by atoms with Gasteiger partial charge in [-0.1, -0.05) is 31.3 Å². The Kier molecular flexibility index (Phi) is 9.59. The zero-order valence-corrected chi connectivity index (χ0v) is 26.1. The summed E-state index contributed by atoms with van der Waals surface area (Å²) in [6, 6.07) is 7.45. The molecule has 228 valence electrons. The number of carbonyl (C=O) groups is 2. The third-order valence-corrected chi connectivity index (χ3v) is 7.51. The minimum Gasteiger partial charge on any atom is -0.493 e. The number of allylic oxidation sites excluding steroid dienone is 1. The maximum Gasteiger partial charge on any atom is 0.338 e. The molecular weight excluding hydrogens is 576 g/mol. The van der Waals surface area contributed by atoms with Crippen molar-refractivity contribution in [2.45, 2.75) is 33.7 Å². The molecule has 0 amide bonds. The van der Waals surface area contributed by atoms with Gasteiger partial charge in [0, 0.05) is 6.92 Å². The molecule has 0 spiro atoms. The maximum atomic E-state index is 14.1. The summed E-state index contributed by atoms with van der Waals surface area (Å²) in [4.78, 5) is 44.2. The van der Waals surface area contributed by atoms with Gasteiger partial charge < -0.3 is 28.4 Å². The third kappa shape index (κ3) is 6.43. The lowest BCUT2D eigenvalue weighted by molar-refractivity contribution is -0.140. The van der Waals surface area contributed by atoms with Crippen molar-refractivity contribution in [2.24, 2.45) is 10.9 Å². The Balaban J connectivity index is 1.94. The number of thiazole rings is 1. The molecular formula is C31H34N2O9S. The molecule has 0 saturated carbocycles. The zero-order valence-electron chi connectivity index (χ0n) is 25.3. The number of hydrogen-bond donors (Lipinski definition) is 0. The van der Waals surface area contributed by atoms with Crippen LogP contribution in [0.2, 0.25) is 0 Å². The normalized spacial score (nSPS) is 14.6. The van der Waals surface area contributed by atoms with Crippen molar-refractivity contribution in [3.05, 3.63) is 72.4 Å². The predicted octanol–water partition coefficient (Wildman–Crippen LogP) is 3.39. The van der Waals surface area contributed by atoms with Crippen LogP contribution in [0.4, 0.5) is 0 Å². The molecule has 2 heterocycles. The van der Waals surface area contributed by atoms with Crippen molar-refractivity contribution >= 4 is 29.4 Å². The summed E-state index contributed by atoms with van der Waals surface area (Å²) in [5.41, 5.74) is 1.44. The number of aromatic nitrogens is 1. The van der Waals surface area contributed by atoms with E-state index in [0.29, 0.717) is 43.4 Å². The van der Waals surface area contributed by atoms with Gasteiger partial charge in [-0.05, 0) is 54.3 Å². The SMILES string of the molecule is COc1cc([C@H]2C(C(=O)OCC(C)C)=C(C)N=c3s/c(=C\c4cc(OC)c(OC)c(OC)c4)c(=O)n32)ccc1OC(C)=O. The van der Waals surface area contributed by atoms with Crippen molar-refractivity contribution in [1.82, 2.24) is 4.57 Å². The summed E-state index contributed by atoms with van der Waals surface area (Å²) >= 11 is 1.18. The summed E-state index contributed by atoms with van der Waals surface area (Å²) in [5.74, 6) is 0.770. The van der Waals surface area contributed by atoms with Crippen LogP contribution in [0.5, 0.6) is 28.7 Å². The molecule has 1 atom stereocenters.